The summed E-state index contributed by atoms with van der Waals surface area (Å²) < 4.78 is 12.9. The van der Waals surface area contributed by atoms with E-state index in [0.29, 0.717) is 34.5 Å². The minimum Gasteiger partial charge on any atom is -0.493 e. The van der Waals surface area contributed by atoms with Gasteiger partial charge in [-0.15, -0.1) is 5.10 Å². The second-order valence-corrected chi connectivity index (χ2v) is 9.41. The molecule has 0 radical (unpaired) electrons. The molecule has 3 heterocycles. The number of hydrogen-bond donors (Lipinski definition) is 1. The number of H-pyrrole nitrogens is 1. The molecule has 1 N–H and O–H groups in total. The molecule has 2 fully saturated rings. The molecule has 1 aliphatic heterocycles. The van der Waals surface area contributed by atoms with Crippen molar-refractivity contribution in [2.24, 2.45) is 5.92 Å². The highest BCUT2D eigenvalue weighted by atomic mass is 16.5. The largest absolute Gasteiger partial charge is 0.493 e. The molecular formula is C24H32N6O3. The number of benzene rings is 1. The Kier molecular flexibility index (Phi) is 6.05. The Hall–Kier alpha value is -2.94. The third-order valence-electron chi connectivity index (χ3n) is 7.16. The van der Waals surface area contributed by atoms with Gasteiger partial charge in [-0.25, -0.2) is 4.68 Å². The van der Waals surface area contributed by atoms with E-state index in [9.17, 15) is 4.79 Å². The van der Waals surface area contributed by atoms with Gasteiger partial charge < -0.3 is 14.5 Å². The van der Waals surface area contributed by atoms with Gasteiger partial charge >= 0.3 is 0 Å². The van der Waals surface area contributed by atoms with Crippen LogP contribution in [-0.4, -0.2) is 57.4 Å². The normalized spacial score (nSPS) is 20.9. The first-order valence-corrected chi connectivity index (χ1v) is 11.9. The maximum absolute atomic E-state index is 13.4. The molecule has 9 heteroatoms. The zero-order valence-corrected chi connectivity index (χ0v) is 19.6. The summed E-state index contributed by atoms with van der Waals surface area (Å²) in [4.78, 5) is 18.9. The molecule has 176 valence electrons. The molecule has 1 saturated heterocycles. The van der Waals surface area contributed by atoms with E-state index in [1.54, 1.807) is 20.3 Å². The standard InChI is InChI=1S/C24H32N6O3/c1-15-7-6-10-29(14-15)22(23-26-27-28-30(23)17-8-4-5-9-17)18-11-16-12-20(32-2)21(33-3)13-19(16)25-24(18)31/h11-13,15,17,22H,4-10,14H2,1-3H3,(H,25,31)/t15-,22-/m0/s1. The van der Waals surface area contributed by atoms with Gasteiger partial charge in [0.15, 0.2) is 17.3 Å². The Balaban J connectivity index is 1.66. The first-order chi connectivity index (χ1) is 16.1. The van der Waals surface area contributed by atoms with Crippen molar-refractivity contribution in [3.63, 3.8) is 0 Å². The number of aromatic amines is 1. The van der Waals surface area contributed by atoms with Crippen molar-refractivity contribution in [1.29, 1.82) is 0 Å². The van der Waals surface area contributed by atoms with E-state index in [2.05, 4.69) is 32.3 Å². The van der Waals surface area contributed by atoms with Crippen molar-refractivity contribution in [3.8, 4) is 11.5 Å². The molecule has 0 bridgehead atoms. The van der Waals surface area contributed by atoms with E-state index >= 15 is 0 Å². The number of nitrogens with zero attached hydrogens (tertiary/aromatic N) is 5. The Bertz CT molecular complexity index is 1180. The van der Waals surface area contributed by atoms with Crippen molar-refractivity contribution in [2.45, 2.75) is 57.5 Å². The lowest BCUT2D eigenvalue weighted by molar-refractivity contribution is 0.139. The van der Waals surface area contributed by atoms with Crippen LogP contribution in [0.15, 0.2) is 23.0 Å². The highest BCUT2D eigenvalue weighted by Crippen LogP contribution is 2.36. The molecule has 5 rings (SSSR count). The molecule has 1 aliphatic carbocycles. The smallest absolute Gasteiger partial charge is 0.253 e. The Morgan fingerprint density at radius 3 is 2.55 bits per heavy atom. The quantitative estimate of drug-likeness (QED) is 0.611. The van der Waals surface area contributed by atoms with Gasteiger partial charge in [-0.1, -0.05) is 19.8 Å². The van der Waals surface area contributed by atoms with Crippen molar-refractivity contribution in [2.75, 3.05) is 27.3 Å². The number of nitrogens with one attached hydrogen (secondary N) is 1. The number of likely N-dealkylation sites (tertiary alicyclic amines) is 1. The monoisotopic (exact) mass is 452 g/mol. The second-order valence-electron chi connectivity index (χ2n) is 9.41. The zero-order valence-electron chi connectivity index (χ0n) is 19.6. The van der Waals surface area contributed by atoms with Crippen LogP contribution in [0.2, 0.25) is 0 Å². The maximum Gasteiger partial charge on any atom is 0.253 e. The van der Waals surface area contributed by atoms with E-state index < -0.39 is 0 Å². The maximum atomic E-state index is 13.4. The summed E-state index contributed by atoms with van der Waals surface area (Å²) in [5.41, 5.74) is 1.25. The van der Waals surface area contributed by atoms with Crippen molar-refractivity contribution in [3.05, 3.63) is 39.9 Å². The molecule has 1 aromatic carbocycles. The van der Waals surface area contributed by atoms with Gasteiger partial charge in [0.1, 0.15) is 6.04 Å². The van der Waals surface area contributed by atoms with Crippen LogP contribution in [0, 0.1) is 5.92 Å². The van der Waals surface area contributed by atoms with Gasteiger partial charge in [-0.2, -0.15) is 0 Å². The molecular weight excluding hydrogens is 420 g/mol. The predicted molar refractivity (Wildman–Crippen MR) is 125 cm³/mol. The third kappa shape index (κ3) is 4.10. The first-order valence-electron chi connectivity index (χ1n) is 11.9. The summed E-state index contributed by atoms with van der Waals surface area (Å²) in [5.74, 6) is 2.53. The van der Waals surface area contributed by atoms with Crippen LogP contribution < -0.4 is 15.0 Å². The lowest BCUT2D eigenvalue weighted by Gasteiger charge is -2.36. The van der Waals surface area contributed by atoms with Gasteiger partial charge in [0, 0.05) is 23.6 Å². The zero-order chi connectivity index (χ0) is 22.9. The molecule has 0 unspecified atom stereocenters. The molecule has 2 atom stereocenters. The number of rotatable bonds is 6. The lowest BCUT2D eigenvalue weighted by atomic mass is 9.95. The molecule has 0 amide bonds. The number of piperidine rings is 1. The van der Waals surface area contributed by atoms with Gasteiger partial charge in [-0.05, 0) is 60.7 Å². The van der Waals surface area contributed by atoms with Crippen LogP contribution >= 0.6 is 0 Å². The molecule has 33 heavy (non-hydrogen) atoms. The average molecular weight is 453 g/mol. The molecule has 0 spiro atoms. The van der Waals surface area contributed by atoms with Gasteiger partial charge in [0.25, 0.3) is 5.56 Å². The molecule has 3 aromatic rings. The summed E-state index contributed by atoms with van der Waals surface area (Å²) in [5, 5.41) is 13.8. The van der Waals surface area contributed by atoms with Crippen molar-refractivity contribution < 1.29 is 9.47 Å². The summed E-state index contributed by atoms with van der Waals surface area (Å²) in [6.45, 7) is 4.09. The fourth-order valence-corrected chi connectivity index (χ4v) is 5.50. The Labute approximate surface area is 193 Å². The second kappa shape index (κ2) is 9.13. The SMILES string of the molecule is COc1cc2cc([C@@H](c3nnnn3C3CCCC3)N3CCC[C@H](C)C3)c(=O)[nH]c2cc1OC. The minimum atomic E-state index is -0.301. The Morgan fingerprint density at radius 1 is 1.06 bits per heavy atom. The van der Waals surface area contributed by atoms with Gasteiger partial charge in [0.05, 0.1) is 25.8 Å². The van der Waals surface area contributed by atoms with E-state index in [-0.39, 0.29) is 11.6 Å². The third-order valence-corrected chi connectivity index (χ3v) is 7.16. The first kappa shape index (κ1) is 21.9. The van der Waals surface area contributed by atoms with Gasteiger partial charge in [0.2, 0.25) is 0 Å². The summed E-state index contributed by atoms with van der Waals surface area (Å²) in [7, 11) is 3.20. The average Bonchev–Trinajstić information content (AvgIpc) is 3.51. The van der Waals surface area contributed by atoms with Crippen LogP contribution in [0.4, 0.5) is 0 Å². The molecule has 2 aromatic heterocycles. The van der Waals surface area contributed by atoms with Crippen LogP contribution in [0.3, 0.4) is 0 Å². The predicted octanol–water partition coefficient (Wildman–Crippen LogP) is 3.47. The number of tetrazole rings is 1. The number of aromatic nitrogens is 5. The fourth-order valence-electron chi connectivity index (χ4n) is 5.50. The van der Waals surface area contributed by atoms with Crippen LogP contribution in [-0.2, 0) is 0 Å². The van der Waals surface area contributed by atoms with E-state index in [4.69, 9.17) is 9.47 Å². The summed E-state index contributed by atoms with van der Waals surface area (Å²) >= 11 is 0. The number of fused-ring (bicyclic) bond motifs is 1. The van der Waals surface area contributed by atoms with Crippen LogP contribution in [0.1, 0.15) is 68.9 Å². The van der Waals surface area contributed by atoms with E-state index in [1.807, 2.05) is 16.8 Å². The highest BCUT2D eigenvalue weighted by Gasteiger charge is 2.34. The molecule has 1 saturated carbocycles. The minimum absolute atomic E-state index is 0.126. The molecule has 2 aliphatic rings. The Morgan fingerprint density at radius 2 is 1.82 bits per heavy atom. The van der Waals surface area contributed by atoms with Crippen molar-refractivity contribution >= 4 is 10.9 Å². The topological polar surface area (TPSA) is 98.2 Å². The molecule has 9 nitrogen and oxygen atoms in total. The van der Waals surface area contributed by atoms with E-state index in [1.165, 1.54) is 19.3 Å². The summed E-state index contributed by atoms with van der Waals surface area (Å²) in [6, 6.07) is 5.67. The number of ether oxygens (including phenoxy) is 2. The number of pyridine rings is 1. The van der Waals surface area contributed by atoms with Crippen LogP contribution in [0.5, 0.6) is 11.5 Å². The van der Waals surface area contributed by atoms with Crippen LogP contribution in [0.25, 0.3) is 10.9 Å². The van der Waals surface area contributed by atoms with Crippen molar-refractivity contribution in [1.82, 2.24) is 30.1 Å². The fraction of sp³-hybridized carbons (Fsp3) is 0.583. The lowest BCUT2D eigenvalue weighted by Crippen LogP contribution is -2.41. The van der Waals surface area contributed by atoms with E-state index in [0.717, 1.165) is 43.6 Å². The summed E-state index contributed by atoms with van der Waals surface area (Å²) in [6.07, 6.45) is 6.82. The highest BCUT2D eigenvalue weighted by molar-refractivity contribution is 5.83. The number of hydrogen-bond acceptors (Lipinski definition) is 7. The van der Waals surface area contributed by atoms with Gasteiger partial charge in [-0.3, -0.25) is 9.69 Å². The number of methoxy groups -OCH3 is 2.